The molecule has 6 heteroatoms. The van der Waals surface area contributed by atoms with E-state index in [1.165, 1.54) is 0 Å². The minimum absolute atomic E-state index is 0.413. The van der Waals surface area contributed by atoms with E-state index in [0.717, 1.165) is 6.92 Å². The lowest BCUT2D eigenvalue weighted by molar-refractivity contribution is -0.153. The van der Waals surface area contributed by atoms with Gasteiger partial charge in [0.25, 0.3) is 0 Å². The van der Waals surface area contributed by atoms with Crippen molar-refractivity contribution in [3.05, 3.63) is 30.3 Å². The smallest absolute Gasteiger partial charge is 0.324 e. The van der Waals surface area contributed by atoms with Gasteiger partial charge >= 0.3 is 6.18 Å². The van der Waals surface area contributed by atoms with Gasteiger partial charge in [-0.1, -0.05) is 18.2 Å². The fraction of sp³-hybridized carbons (Fsp3) is 0.364. The van der Waals surface area contributed by atoms with E-state index in [4.69, 9.17) is 5.73 Å². The van der Waals surface area contributed by atoms with Crippen molar-refractivity contribution in [2.75, 3.05) is 5.32 Å². The van der Waals surface area contributed by atoms with Gasteiger partial charge in [-0.05, 0) is 19.1 Å². The van der Waals surface area contributed by atoms with Crippen molar-refractivity contribution in [1.82, 2.24) is 0 Å². The maximum atomic E-state index is 12.2. The average molecular weight is 246 g/mol. The van der Waals surface area contributed by atoms with Gasteiger partial charge in [-0.2, -0.15) is 13.2 Å². The molecule has 94 valence electrons. The lowest BCUT2D eigenvalue weighted by Crippen LogP contribution is -2.51. The van der Waals surface area contributed by atoms with Crippen LogP contribution in [0.2, 0.25) is 0 Å². The molecule has 0 aliphatic rings. The number of amides is 1. The van der Waals surface area contributed by atoms with Crippen LogP contribution in [0.5, 0.6) is 0 Å². The van der Waals surface area contributed by atoms with E-state index in [1.54, 1.807) is 30.3 Å². The van der Waals surface area contributed by atoms with E-state index < -0.39 is 24.0 Å². The SMILES string of the molecule is CC(N)(CC(F)(F)F)C(=O)Nc1ccccc1. The van der Waals surface area contributed by atoms with Crippen LogP contribution in [0.4, 0.5) is 18.9 Å². The fourth-order valence-electron chi connectivity index (χ4n) is 1.29. The average Bonchev–Trinajstić information content (AvgIpc) is 2.15. The third-order valence-electron chi connectivity index (χ3n) is 2.12. The summed E-state index contributed by atoms with van der Waals surface area (Å²) in [5.74, 6) is -0.860. The summed E-state index contributed by atoms with van der Waals surface area (Å²) in [6, 6.07) is 8.19. The Kier molecular flexibility index (Phi) is 3.77. The molecule has 1 unspecified atom stereocenters. The van der Waals surface area contributed by atoms with Crippen molar-refractivity contribution >= 4 is 11.6 Å². The molecule has 0 aromatic heterocycles. The molecular formula is C11H13F3N2O. The molecular weight excluding hydrogens is 233 g/mol. The quantitative estimate of drug-likeness (QED) is 0.859. The highest BCUT2D eigenvalue weighted by Crippen LogP contribution is 2.26. The highest BCUT2D eigenvalue weighted by molar-refractivity contribution is 5.97. The molecule has 1 aromatic rings. The molecule has 0 spiro atoms. The molecule has 0 radical (unpaired) electrons. The van der Waals surface area contributed by atoms with Gasteiger partial charge in [0.1, 0.15) is 5.54 Å². The number of nitrogens with two attached hydrogens (primary N) is 1. The molecule has 1 rings (SSSR count). The van der Waals surface area contributed by atoms with Crippen LogP contribution in [0.1, 0.15) is 13.3 Å². The van der Waals surface area contributed by atoms with Crippen LogP contribution in [-0.2, 0) is 4.79 Å². The topological polar surface area (TPSA) is 55.1 Å². The Hall–Kier alpha value is -1.56. The van der Waals surface area contributed by atoms with Crippen molar-refractivity contribution in [1.29, 1.82) is 0 Å². The van der Waals surface area contributed by atoms with Gasteiger partial charge < -0.3 is 11.1 Å². The van der Waals surface area contributed by atoms with Crippen LogP contribution in [0.15, 0.2) is 30.3 Å². The first-order valence-corrected chi connectivity index (χ1v) is 4.93. The lowest BCUT2D eigenvalue weighted by atomic mass is 9.97. The van der Waals surface area contributed by atoms with Crippen LogP contribution >= 0.6 is 0 Å². The van der Waals surface area contributed by atoms with E-state index in [2.05, 4.69) is 5.32 Å². The van der Waals surface area contributed by atoms with Gasteiger partial charge in [0.05, 0.1) is 6.42 Å². The number of halogens is 3. The van der Waals surface area contributed by atoms with Crippen molar-refractivity contribution in [3.8, 4) is 0 Å². The van der Waals surface area contributed by atoms with Crippen molar-refractivity contribution in [2.24, 2.45) is 5.73 Å². The highest BCUT2D eigenvalue weighted by atomic mass is 19.4. The van der Waals surface area contributed by atoms with Crippen molar-refractivity contribution in [2.45, 2.75) is 25.1 Å². The second kappa shape index (κ2) is 4.75. The van der Waals surface area contributed by atoms with Crippen LogP contribution in [-0.4, -0.2) is 17.6 Å². The number of nitrogens with one attached hydrogen (secondary N) is 1. The third kappa shape index (κ3) is 4.44. The highest BCUT2D eigenvalue weighted by Gasteiger charge is 2.41. The molecule has 0 aliphatic carbocycles. The van der Waals surface area contributed by atoms with Crippen molar-refractivity contribution < 1.29 is 18.0 Å². The molecule has 0 saturated heterocycles. The predicted molar refractivity (Wildman–Crippen MR) is 58.3 cm³/mol. The summed E-state index contributed by atoms with van der Waals surface area (Å²) in [6.45, 7) is 1.05. The zero-order chi connectivity index (χ0) is 13.1. The first-order chi connectivity index (χ1) is 7.71. The summed E-state index contributed by atoms with van der Waals surface area (Å²) in [7, 11) is 0. The fourth-order valence-corrected chi connectivity index (χ4v) is 1.29. The summed E-state index contributed by atoms with van der Waals surface area (Å²) in [5, 5.41) is 2.34. The molecule has 1 aromatic carbocycles. The molecule has 1 amide bonds. The van der Waals surface area contributed by atoms with Crippen LogP contribution in [0.3, 0.4) is 0 Å². The Balaban J connectivity index is 2.70. The first kappa shape index (κ1) is 13.5. The van der Waals surface area contributed by atoms with E-state index in [-0.39, 0.29) is 0 Å². The minimum atomic E-state index is -4.47. The van der Waals surface area contributed by atoms with Gasteiger partial charge in [-0.15, -0.1) is 0 Å². The Morgan fingerprint density at radius 3 is 2.29 bits per heavy atom. The van der Waals surface area contributed by atoms with E-state index >= 15 is 0 Å². The number of rotatable bonds is 3. The number of carbonyl (C=O) groups excluding carboxylic acids is 1. The number of para-hydroxylation sites is 1. The second-order valence-corrected chi connectivity index (χ2v) is 4.03. The summed E-state index contributed by atoms with van der Waals surface area (Å²) >= 11 is 0. The van der Waals surface area contributed by atoms with Crippen LogP contribution < -0.4 is 11.1 Å². The molecule has 0 fully saturated rings. The molecule has 3 nitrogen and oxygen atoms in total. The zero-order valence-corrected chi connectivity index (χ0v) is 9.21. The molecule has 1 atom stereocenters. The zero-order valence-electron chi connectivity index (χ0n) is 9.21. The standard InChI is InChI=1S/C11H13F3N2O/c1-10(15,7-11(12,13)14)9(17)16-8-5-3-2-4-6-8/h2-6H,7,15H2,1H3,(H,16,17). The Labute approximate surface area is 96.8 Å². The summed E-state index contributed by atoms with van der Waals surface area (Å²) in [6.07, 6.45) is -5.84. The Morgan fingerprint density at radius 2 is 1.82 bits per heavy atom. The van der Waals surface area contributed by atoms with E-state index in [9.17, 15) is 18.0 Å². The van der Waals surface area contributed by atoms with Crippen LogP contribution in [0.25, 0.3) is 0 Å². The molecule has 17 heavy (non-hydrogen) atoms. The summed E-state index contributed by atoms with van der Waals surface area (Å²) < 4.78 is 36.6. The van der Waals surface area contributed by atoms with Gasteiger partial charge in [0, 0.05) is 5.69 Å². The number of hydrogen-bond donors (Lipinski definition) is 2. The number of carbonyl (C=O) groups is 1. The Bertz CT molecular complexity index is 387. The molecule has 3 N–H and O–H groups in total. The summed E-state index contributed by atoms with van der Waals surface area (Å²) in [4.78, 5) is 11.6. The van der Waals surface area contributed by atoms with Crippen LogP contribution in [0, 0.1) is 0 Å². The third-order valence-corrected chi connectivity index (χ3v) is 2.12. The molecule has 0 bridgehead atoms. The summed E-state index contributed by atoms with van der Waals surface area (Å²) in [5.41, 5.74) is 3.80. The van der Waals surface area contributed by atoms with Crippen molar-refractivity contribution in [3.63, 3.8) is 0 Å². The minimum Gasteiger partial charge on any atom is -0.324 e. The number of anilines is 1. The molecule has 0 heterocycles. The van der Waals surface area contributed by atoms with E-state index in [0.29, 0.717) is 5.69 Å². The Morgan fingerprint density at radius 1 is 1.29 bits per heavy atom. The predicted octanol–water partition coefficient (Wildman–Crippen LogP) is 2.29. The van der Waals surface area contributed by atoms with Gasteiger partial charge in [0.2, 0.25) is 5.91 Å². The molecule has 0 aliphatic heterocycles. The number of alkyl halides is 3. The first-order valence-electron chi connectivity index (χ1n) is 4.93. The monoisotopic (exact) mass is 246 g/mol. The normalized spacial score (nSPS) is 15.1. The maximum absolute atomic E-state index is 12.2. The number of benzene rings is 1. The maximum Gasteiger partial charge on any atom is 0.391 e. The van der Waals surface area contributed by atoms with Gasteiger partial charge in [0.15, 0.2) is 0 Å². The number of hydrogen-bond acceptors (Lipinski definition) is 2. The lowest BCUT2D eigenvalue weighted by Gasteiger charge is -2.24. The van der Waals surface area contributed by atoms with Gasteiger partial charge in [-0.3, -0.25) is 4.79 Å². The van der Waals surface area contributed by atoms with Gasteiger partial charge in [-0.25, -0.2) is 0 Å². The molecule has 0 saturated carbocycles. The van der Waals surface area contributed by atoms with E-state index in [1.807, 2.05) is 0 Å². The second-order valence-electron chi connectivity index (χ2n) is 4.03. The largest absolute Gasteiger partial charge is 0.391 e.